The van der Waals surface area contributed by atoms with E-state index in [4.69, 9.17) is 25.8 Å². The predicted molar refractivity (Wildman–Crippen MR) is 129 cm³/mol. The molecule has 1 aliphatic heterocycles. The second-order valence-electron chi connectivity index (χ2n) is 7.97. The minimum Gasteiger partial charge on any atom is -0.482 e. The van der Waals surface area contributed by atoms with Gasteiger partial charge in [-0.1, -0.05) is 54.1 Å². The summed E-state index contributed by atoms with van der Waals surface area (Å²) in [7, 11) is 0. The largest absolute Gasteiger partial charge is 0.482 e. The Morgan fingerprint density at radius 1 is 1.03 bits per heavy atom. The average molecular weight is 498 g/mol. The van der Waals surface area contributed by atoms with E-state index in [-0.39, 0.29) is 32.2 Å². The van der Waals surface area contributed by atoms with Gasteiger partial charge in [0.25, 0.3) is 0 Å². The molecule has 0 saturated carbocycles. The number of esters is 1. The highest BCUT2D eigenvalue weighted by atomic mass is 35.5. The Morgan fingerprint density at radius 2 is 1.83 bits per heavy atom. The molecule has 182 valence electrons. The Hall–Kier alpha value is -3.58. The van der Waals surface area contributed by atoms with Gasteiger partial charge in [-0.25, -0.2) is 14.0 Å². The van der Waals surface area contributed by atoms with Gasteiger partial charge < -0.3 is 14.2 Å². The molecule has 0 unspecified atom stereocenters. The predicted octanol–water partition coefficient (Wildman–Crippen LogP) is 5.71. The summed E-state index contributed by atoms with van der Waals surface area (Å²) in [5, 5.41) is 0.407. The topological polar surface area (TPSA) is 65.1 Å². The first-order valence-corrected chi connectivity index (χ1v) is 11.7. The van der Waals surface area contributed by atoms with Crippen LogP contribution in [0.2, 0.25) is 5.02 Å². The number of hydrogen-bond donors (Lipinski definition) is 0. The molecule has 1 heterocycles. The van der Waals surface area contributed by atoms with Gasteiger partial charge in [0, 0.05) is 17.1 Å². The van der Waals surface area contributed by atoms with Crippen molar-refractivity contribution in [1.82, 2.24) is 4.90 Å². The fourth-order valence-corrected chi connectivity index (χ4v) is 4.34. The van der Waals surface area contributed by atoms with Gasteiger partial charge in [-0.15, -0.1) is 0 Å². The van der Waals surface area contributed by atoms with Gasteiger partial charge in [-0.05, 0) is 54.3 Å². The van der Waals surface area contributed by atoms with Crippen molar-refractivity contribution in [3.8, 4) is 5.75 Å². The molecule has 4 rings (SSSR count). The third-order valence-corrected chi connectivity index (χ3v) is 5.96. The van der Waals surface area contributed by atoms with E-state index in [0.717, 1.165) is 5.56 Å². The third kappa shape index (κ3) is 5.74. The summed E-state index contributed by atoms with van der Waals surface area (Å²) in [4.78, 5) is 26.7. The molecular formula is C27H25ClFNO5. The van der Waals surface area contributed by atoms with E-state index in [1.165, 1.54) is 11.0 Å². The number of ether oxygens (including phenoxy) is 3. The lowest BCUT2D eigenvalue weighted by molar-refractivity contribution is -0.145. The zero-order chi connectivity index (χ0) is 24.8. The Labute approximate surface area is 208 Å². The van der Waals surface area contributed by atoms with Crippen LogP contribution in [-0.4, -0.2) is 36.7 Å². The van der Waals surface area contributed by atoms with Crippen molar-refractivity contribution in [1.29, 1.82) is 0 Å². The van der Waals surface area contributed by atoms with Gasteiger partial charge in [0.05, 0.1) is 12.6 Å². The molecule has 6 nitrogen and oxygen atoms in total. The van der Waals surface area contributed by atoms with Crippen molar-refractivity contribution >= 4 is 23.7 Å². The molecule has 3 aromatic carbocycles. The molecule has 8 heteroatoms. The fourth-order valence-electron chi connectivity index (χ4n) is 4.16. The highest BCUT2D eigenvalue weighted by Gasteiger charge is 2.36. The summed E-state index contributed by atoms with van der Waals surface area (Å²) < 4.78 is 31.0. The Balaban J connectivity index is 1.69. The number of benzene rings is 3. The number of rotatable bonds is 7. The molecule has 0 fully saturated rings. The monoisotopic (exact) mass is 497 g/mol. The summed E-state index contributed by atoms with van der Waals surface area (Å²) in [5.41, 5.74) is 2.49. The lowest BCUT2D eigenvalue weighted by Gasteiger charge is -2.37. The normalized spacial score (nSPS) is 14.7. The molecule has 1 atom stereocenters. The highest BCUT2D eigenvalue weighted by molar-refractivity contribution is 6.30. The van der Waals surface area contributed by atoms with E-state index in [2.05, 4.69) is 0 Å². The maximum Gasteiger partial charge on any atom is 0.410 e. The summed E-state index contributed by atoms with van der Waals surface area (Å²) in [5.74, 6) is -0.533. The summed E-state index contributed by atoms with van der Waals surface area (Å²) in [6.45, 7) is 1.95. The first-order chi connectivity index (χ1) is 17.0. The summed E-state index contributed by atoms with van der Waals surface area (Å²) >= 11 is 6.32. The van der Waals surface area contributed by atoms with E-state index in [1.807, 2.05) is 30.3 Å². The number of nitrogens with zero attached hydrogens (tertiary/aromatic N) is 1. The maximum absolute atomic E-state index is 14.7. The van der Waals surface area contributed by atoms with Crippen LogP contribution in [0.3, 0.4) is 0 Å². The van der Waals surface area contributed by atoms with E-state index < -0.39 is 18.1 Å². The minimum atomic E-state index is -0.728. The van der Waals surface area contributed by atoms with Crippen molar-refractivity contribution in [3.63, 3.8) is 0 Å². The van der Waals surface area contributed by atoms with Crippen molar-refractivity contribution < 1.29 is 28.2 Å². The van der Waals surface area contributed by atoms with E-state index in [1.54, 1.807) is 37.3 Å². The number of amides is 1. The zero-order valence-corrected chi connectivity index (χ0v) is 20.0. The van der Waals surface area contributed by atoms with E-state index >= 15 is 0 Å². The fraction of sp³-hybridized carbons (Fsp3) is 0.259. The lowest BCUT2D eigenvalue weighted by atomic mass is 9.87. The molecular weight excluding hydrogens is 473 g/mol. The SMILES string of the molecule is CCOC(=O)COc1ccc(Cl)cc1[C@@H]1c2cccc(F)c2CCN1C(=O)OCc1ccccc1. The van der Waals surface area contributed by atoms with Crippen LogP contribution in [0.5, 0.6) is 5.75 Å². The van der Waals surface area contributed by atoms with Crippen LogP contribution in [0.25, 0.3) is 0 Å². The van der Waals surface area contributed by atoms with Crippen molar-refractivity contribution in [2.75, 3.05) is 19.8 Å². The maximum atomic E-state index is 14.7. The molecule has 0 bridgehead atoms. The number of carbonyl (C=O) groups is 2. The van der Waals surface area contributed by atoms with Gasteiger partial charge in [-0.3, -0.25) is 4.90 Å². The number of halogens is 2. The van der Waals surface area contributed by atoms with Gasteiger partial charge in [0.1, 0.15) is 18.2 Å². The van der Waals surface area contributed by atoms with Gasteiger partial charge in [-0.2, -0.15) is 0 Å². The van der Waals surface area contributed by atoms with Gasteiger partial charge >= 0.3 is 12.1 Å². The Kier molecular flexibility index (Phi) is 7.87. The molecule has 0 spiro atoms. The van der Waals surface area contributed by atoms with Crippen LogP contribution in [0, 0.1) is 5.82 Å². The van der Waals surface area contributed by atoms with Crippen LogP contribution >= 0.6 is 11.6 Å². The number of fused-ring (bicyclic) bond motifs is 1. The molecule has 0 N–H and O–H groups in total. The molecule has 0 saturated heterocycles. The molecule has 1 amide bonds. The van der Waals surface area contributed by atoms with Crippen LogP contribution in [0.15, 0.2) is 66.7 Å². The van der Waals surface area contributed by atoms with Gasteiger partial charge in [0.2, 0.25) is 0 Å². The van der Waals surface area contributed by atoms with Crippen LogP contribution in [0.1, 0.15) is 35.2 Å². The quantitative estimate of drug-likeness (QED) is 0.391. The minimum absolute atomic E-state index is 0.0979. The molecule has 1 aliphatic rings. The lowest BCUT2D eigenvalue weighted by Crippen LogP contribution is -2.41. The Bertz CT molecular complexity index is 1200. The molecule has 0 radical (unpaired) electrons. The average Bonchev–Trinajstić information content (AvgIpc) is 2.87. The summed E-state index contributed by atoms with van der Waals surface area (Å²) in [6.07, 6.45) is -0.219. The van der Waals surface area contributed by atoms with Crippen LogP contribution in [0.4, 0.5) is 9.18 Å². The van der Waals surface area contributed by atoms with Crippen molar-refractivity contribution in [2.45, 2.75) is 26.0 Å². The number of carbonyl (C=O) groups excluding carboxylic acids is 2. The third-order valence-electron chi connectivity index (χ3n) is 5.72. The molecule has 0 aliphatic carbocycles. The number of hydrogen-bond acceptors (Lipinski definition) is 5. The van der Waals surface area contributed by atoms with Crippen molar-refractivity contribution in [3.05, 3.63) is 99.8 Å². The zero-order valence-electron chi connectivity index (χ0n) is 19.2. The molecule has 3 aromatic rings. The highest BCUT2D eigenvalue weighted by Crippen LogP contribution is 2.41. The first-order valence-electron chi connectivity index (χ1n) is 11.3. The van der Waals surface area contributed by atoms with Crippen LogP contribution in [-0.2, 0) is 27.3 Å². The standard InChI is InChI=1S/C27H25ClFNO5/c1-2-33-25(31)17-34-24-12-11-19(28)15-22(24)26-21-9-6-10-23(29)20(21)13-14-30(26)27(32)35-16-18-7-4-3-5-8-18/h3-12,15,26H,2,13-14,16-17H2,1H3/t26-/m0/s1. The van der Waals surface area contributed by atoms with E-state index in [9.17, 15) is 14.0 Å². The summed E-state index contributed by atoms with van der Waals surface area (Å²) in [6, 6.07) is 18.3. The van der Waals surface area contributed by atoms with Crippen LogP contribution < -0.4 is 4.74 Å². The van der Waals surface area contributed by atoms with Crippen molar-refractivity contribution in [2.24, 2.45) is 0 Å². The second-order valence-corrected chi connectivity index (χ2v) is 8.41. The van der Waals surface area contributed by atoms with E-state index in [0.29, 0.717) is 33.9 Å². The Morgan fingerprint density at radius 3 is 2.60 bits per heavy atom. The first kappa shape index (κ1) is 24.5. The van der Waals surface area contributed by atoms with Gasteiger partial charge in [0.15, 0.2) is 6.61 Å². The molecule has 0 aromatic heterocycles. The molecule has 35 heavy (non-hydrogen) atoms. The second kappa shape index (κ2) is 11.2. The smallest absolute Gasteiger partial charge is 0.410 e.